The van der Waals surface area contributed by atoms with Crippen molar-refractivity contribution in [2.24, 2.45) is 5.73 Å². The summed E-state index contributed by atoms with van der Waals surface area (Å²) in [5, 5.41) is 0.823. The Labute approximate surface area is 81.5 Å². The number of nitrogens with two attached hydrogens (primary N) is 1. The molecule has 0 radical (unpaired) electrons. The van der Waals surface area contributed by atoms with E-state index in [4.69, 9.17) is 5.73 Å². The van der Waals surface area contributed by atoms with Gasteiger partial charge in [0.05, 0.1) is 0 Å². The summed E-state index contributed by atoms with van der Waals surface area (Å²) in [4.78, 5) is 0. The molecule has 1 nitrogen and oxygen atoms in total. The van der Waals surface area contributed by atoms with Gasteiger partial charge >= 0.3 is 0 Å². The zero-order valence-electron chi connectivity index (χ0n) is 8.89. The summed E-state index contributed by atoms with van der Waals surface area (Å²) in [7, 11) is 0. The van der Waals surface area contributed by atoms with E-state index in [1.54, 1.807) is 0 Å². The smallest absolute Gasteiger partial charge is 0.0136 e. The van der Waals surface area contributed by atoms with Crippen molar-refractivity contribution < 1.29 is 0 Å². The standard InChI is InChI=1S/C8H17NS.C2H6/c1-8(9)5-3-4-7(6-8)10-2;1-2/h7H,3-6,9H2,1-2H3;1-2H3. The average Bonchev–Trinajstić information content (AvgIpc) is 2.06. The molecule has 0 saturated heterocycles. The lowest BCUT2D eigenvalue weighted by Gasteiger charge is -2.34. The van der Waals surface area contributed by atoms with E-state index in [9.17, 15) is 0 Å². The maximum absolute atomic E-state index is 6.03. The topological polar surface area (TPSA) is 26.0 Å². The van der Waals surface area contributed by atoms with Gasteiger partial charge in [-0.1, -0.05) is 20.3 Å². The second-order valence-electron chi connectivity index (χ2n) is 3.61. The van der Waals surface area contributed by atoms with Crippen LogP contribution in [0.2, 0.25) is 0 Å². The molecule has 0 aliphatic heterocycles. The highest BCUT2D eigenvalue weighted by Gasteiger charge is 2.27. The molecule has 12 heavy (non-hydrogen) atoms. The molecule has 74 valence electrons. The summed E-state index contributed by atoms with van der Waals surface area (Å²) < 4.78 is 0. The van der Waals surface area contributed by atoms with Crippen molar-refractivity contribution in [3.63, 3.8) is 0 Å². The molecule has 0 spiro atoms. The molecule has 1 saturated carbocycles. The van der Waals surface area contributed by atoms with Crippen molar-refractivity contribution in [1.29, 1.82) is 0 Å². The van der Waals surface area contributed by atoms with Crippen LogP contribution >= 0.6 is 11.8 Å². The molecule has 0 aromatic heterocycles. The molecule has 1 aliphatic carbocycles. The summed E-state index contributed by atoms with van der Waals surface area (Å²) in [6.07, 6.45) is 7.29. The van der Waals surface area contributed by atoms with Crippen LogP contribution in [0.5, 0.6) is 0 Å². The highest BCUT2D eigenvalue weighted by atomic mass is 32.2. The van der Waals surface area contributed by atoms with Gasteiger partial charge in [-0.15, -0.1) is 0 Å². The highest BCUT2D eigenvalue weighted by molar-refractivity contribution is 7.99. The maximum Gasteiger partial charge on any atom is 0.0136 e. The fourth-order valence-corrected chi connectivity index (χ4v) is 2.61. The fraction of sp³-hybridized carbons (Fsp3) is 1.00. The van der Waals surface area contributed by atoms with Gasteiger partial charge in [0, 0.05) is 10.8 Å². The third-order valence-corrected chi connectivity index (χ3v) is 3.37. The van der Waals surface area contributed by atoms with Crippen LogP contribution in [0.4, 0.5) is 0 Å². The van der Waals surface area contributed by atoms with Crippen molar-refractivity contribution in [2.45, 2.75) is 57.2 Å². The molecule has 2 heteroatoms. The van der Waals surface area contributed by atoms with E-state index in [0.29, 0.717) is 0 Å². The molecule has 0 heterocycles. The second kappa shape index (κ2) is 5.87. The molecule has 1 aliphatic rings. The lowest BCUT2D eigenvalue weighted by Crippen LogP contribution is -2.41. The first-order valence-electron chi connectivity index (χ1n) is 4.96. The van der Waals surface area contributed by atoms with E-state index in [0.717, 1.165) is 5.25 Å². The summed E-state index contributed by atoms with van der Waals surface area (Å²) in [5.74, 6) is 0. The molecule has 1 rings (SSSR count). The van der Waals surface area contributed by atoms with E-state index in [2.05, 4.69) is 13.2 Å². The number of hydrogen-bond donors (Lipinski definition) is 1. The highest BCUT2D eigenvalue weighted by Crippen LogP contribution is 2.31. The molecule has 1 fully saturated rings. The van der Waals surface area contributed by atoms with Crippen molar-refractivity contribution in [3.8, 4) is 0 Å². The largest absolute Gasteiger partial charge is 0.325 e. The Morgan fingerprint density at radius 2 is 2.00 bits per heavy atom. The van der Waals surface area contributed by atoms with E-state index in [-0.39, 0.29) is 5.54 Å². The monoisotopic (exact) mass is 189 g/mol. The summed E-state index contributed by atoms with van der Waals surface area (Å²) in [6, 6.07) is 0. The Hall–Kier alpha value is 0.310. The van der Waals surface area contributed by atoms with Gasteiger partial charge < -0.3 is 5.73 Å². The van der Waals surface area contributed by atoms with Crippen LogP contribution < -0.4 is 5.73 Å². The van der Waals surface area contributed by atoms with Crippen LogP contribution in [-0.4, -0.2) is 17.0 Å². The van der Waals surface area contributed by atoms with Gasteiger partial charge in [0.1, 0.15) is 0 Å². The van der Waals surface area contributed by atoms with Crippen LogP contribution in [0.25, 0.3) is 0 Å². The molecule has 0 aromatic carbocycles. The molecule has 0 bridgehead atoms. The van der Waals surface area contributed by atoms with Crippen molar-refractivity contribution in [2.75, 3.05) is 6.26 Å². The maximum atomic E-state index is 6.03. The minimum Gasteiger partial charge on any atom is -0.325 e. The third-order valence-electron chi connectivity index (χ3n) is 2.30. The van der Waals surface area contributed by atoms with E-state index < -0.39 is 0 Å². The Morgan fingerprint density at radius 3 is 2.33 bits per heavy atom. The SMILES string of the molecule is CC.CSC1CCCC(C)(N)C1. The second-order valence-corrected chi connectivity index (χ2v) is 4.75. The zero-order valence-corrected chi connectivity index (χ0v) is 9.71. The quantitative estimate of drug-likeness (QED) is 0.686. The lowest BCUT2D eigenvalue weighted by molar-refractivity contribution is 0.330. The molecule has 0 amide bonds. The number of thioether (sulfide) groups is 1. The van der Waals surface area contributed by atoms with Gasteiger partial charge in [-0.2, -0.15) is 11.8 Å². The Morgan fingerprint density at radius 1 is 1.42 bits per heavy atom. The van der Waals surface area contributed by atoms with Crippen LogP contribution in [-0.2, 0) is 0 Å². The molecule has 2 atom stereocenters. The van der Waals surface area contributed by atoms with E-state index in [1.807, 2.05) is 25.6 Å². The van der Waals surface area contributed by atoms with E-state index >= 15 is 0 Å². The Balaban J connectivity index is 0.000000561. The first-order chi connectivity index (χ1) is 5.64. The van der Waals surface area contributed by atoms with Crippen molar-refractivity contribution >= 4 is 11.8 Å². The Bertz CT molecular complexity index is 112. The van der Waals surface area contributed by atoms with Gasteiger partial charge in [0.2, 0.25) is 0 Å². The van der Waals surface area contributed by atoms with Crippen molar-refractivity contribution in [3.05, 3.63) is 0 Å². The van der Waals surface area contributed by atoms with Crippen LogP contribution in [0.1, 0.15) is 46.5 Å². The molecule has 2 unspecified atom stereocenters. The zero-order chi connectivity index (χ0) is 9.61. The first-order valence-corrected chi connectivity index (χ1v) is 6.24. The molecular weight excluding hydrogens is 166 g/mol. The summed E-state index contributed by atoms with van der Waals surface area (Å²) in [6.45, 7) is 6.18. The summed E-state index contributed by atoms with van der Waals surface area (Å²) >= 11 is 1.97. The third kappa shape index (κ3) is 4.36. The van der Waals surface area contributed by atoms with Gasteiger partial charge in [0.25, 0.3) is 0 Å². The van der Waals surface area contributed by atoms with Gasteiger partial charge in [-0.3, -0.25) is 0 Å². The van der Waals surface area contributed by atoms with Gasteiger partial charge in [-0.05, 0) is 32.4 Å². The molecule has 0 aromatic rings. The van der Waals surface area contributed by atoms with Gasteiger partial charge in [0.15, 0.2) is 0 Å². The average molecular weight is 189 g/mol. The Kier molecular flexibility index (Phi) is 6.02. The number of hydrogen-bond acceptors (Lipinski definition) is 2. The summed E-state index contributed by atoms with van der Waals surface area (Å²) in [5.41, 5.74) is 6.16. The molecular formula is C10H23NS. The lowest BCUT2D eigenvalue weighted by atomic mass is 9.84. The first kappa shape index (κ1) is 12.3. The van der Waals surface area contributed by atoms with Gasteiger partial charge in [-0.25, -0.2) is 0 Å². The van der Waals surface area contributed by atoms with Crippen LogP contribution in [0, 0.1) is 0 Å². The van der Waals surface area contributed by atoms with Crippen LogP contribution in [0.3, 0.4) is 0 Å². The fourth-order valence-electron chi connectivity index (χ4n) is 1.66. The minimum atomic E-state index is 0.131. The predicted molar refractivity (Wildman–Crippen MR) is 59.7 cm³/mol. The van der Waals surface area contributed by atoms with Crippen molar-refractivity contribution in [1.82, 2.24) is 0 Å². The molecule has 2 N–H and O–H groups in total. The normalized spacial score (nSPS) is 35.2. The van der Waals surface area contributed by atoms with Crippen LogP contribution in [0.15, 0.2) is 0 Å². The predicted octanol–water partition coefficient (Wildman–Crippen LogP) is 3.04. The van der Waals surface area contributed by atoms with E-state index in [1.165, 1.54) is 25.7 Å². The minimum absolute atomic E-state index is 0.131. The number of rotatable bonds is 1.